The number of nitrogens with zero attached hydrogens (tertiary/aromatic N) is 1. The summed E-state index contributed by atoms with van der Waals surface area (Å²) in [5.41, 5.74) is -0.203. The third kappa shape index (κ3) is 2.34. The standard InChI is InChI=1S/C15H11F3N2O2/c1-22-11-5-6-13-12(8-11)19-14(21)20(13)10-4-2-3-9(7-10)15(16,17)18/h2-8H,1H3,(H,19,21). The van der Waals surface area contributed by atoms with E-state index < -0.39 is 17.4 Å². The zero-order valence-corrected chi connectivity index (χ0v) is 11.4. The van der Waals surface area contributed by atoms with Crippen molar-refractivity contribution >= 4 is 11.0 Å². The maximum Gasteiger partial charge on any atom is 0.416 e. The predicted molar refractivity (Wildman–Crippen MR) is 75.4 cm³/mol. The topological polar surface area (TPSA) is 47.0 Å². The van der Waals surface area contributed by atoms with E-state index in [1.54, 1.807) is 18.2 Å². The smallest absolute Gasteiger partial charge is 0.416 e. The number of rotatable bonds is 2. The van der Waals surface area contributed by atoms with Crippen LogP contribution in [0.3, 0.4) is 0 Å². The summed E-state index contributed by atoms with van der Waals surface area (Å²) in [6.07, 6.45) is -4.46. The molecular formula is C15H11F3N2O2. The number of alkyl halides is 3. The Hall–Kier alpha value is -2.70. The zero-order chi connectivity index (χ0) is 15.9. The van der Waals surface area contributed by atoms with E-state index in [2.05, 4.69) is 4.98 Å². The van der Waals surface area contributed by atoms with Crippen LogP contribution in [-0.4, -0.2) is 16.7 Å². The summed E-state index contributed by atoms with van der Waals surface area (Å²) in [5.74, 6) is 0.546. The Morgan fingerprint density at radius 3 is 2.59 bits per heavy atom. The molecule has 114 valence electrons. The molecule has 2 aromatic carbocycles. The molecule has 0 aliphatic carbocycles. The van der Waals surface area contributed by atoms with Crippen molar-refractivity contribution in [3.05, 3.63) is 58.5 Å². The second-order valence-corrected chi connectivity index (χ2v) is 4.70. The van der Waals surface area contributed by atoms with Gasteiger partial charge in [0.2, 0.25) is 0 Å². The van der Waals surface area contributed by atoms with E-state index in [4.69, 9.17) is 4.74 Å². The first kappa shape index (κ1) is 14.2. The van der Waals surface area contributed by atoms with Crippen LogP contribution in [0.25, 0.3) is 16.7 Å². The first-order chi connectivity index (χ1) is 10.4. The minimum atomic E-state index is -4.46. The Labute approximate surface area is 122 Å². The van der Waals surface area contributed by atoms with Crippen LogP contribution >= 0.6 is 0 Å². The zero-order valence-electron chi connectivity index (χ0n) is 11.4. The molecule has 0 spiro atoms. The molecule has 0 unspecified atom stereocenters. The number of aromatic amines is 1. The summed E-state index contributed by atoms with van der Waals surface area (Å²) in [6, 6.07) is 9.50. The molecule has 0 bridgehead atoms. The molecule has 1 N–H and O–H groups in total. The lowest BCUT2D eigenvalue weighted by molar-refractivity contribution is -0.137. The van der Waals surface area contributed by atoms with E-state index in [1.165, 1.54) is 23.8 Å². The second kappa shape index (κ2) is 4.94. The van der Waals surface area contributed by atoms with Crippen LogP contribution in [0, 0.1) is 0 Å². The fraction of sp³-hybridized carbons (Fsp3) is 0.133. The summed E-state index contributed by atoms with van der Waals surface area (Å²) in [4.78, 5) is 14.7. The fourth-order valence-corrected chi connectivity index (χ4v) is 2.30. The molecule has 0 amide bonds. The van der Waals surface area contributed by atoms with Crippen LogP contribution in [0.15, 0.2) is 47.3 Å². The molecule has 0 aliphatic heterocycles. The van der Waals surface area contributed by atoms with Gasteiger partial charge < -0.3 is 9.72 Å². The molecule has 0 aliphatic rings. The number of benzene rings is 2. The highest BCUT2D eigenvalue weighted by Crippen LogP contribution is 2.30. The van der Waals surface area contributed by atoms with Crippen LogP contribution < -0.4 is 10.4 Å². The molecule has 0 saturated heterocycles. The molecule has 0 atom stereocenters. The molecule has 22 heavy (non-hydrogen) atoms. The molecule has 4 nitrogen and oxygen atoms in total. The highest BCUT2D eigenvalue weighted by molar-refractivity contribution is 5.79. The average molecular weight is 308 g/mol. The lowest BCUT2D eigenvalue weighted by Crippen LogP contribution is -2.15. The van der Waals surface area contributed by atoms with Crippen molar-refractivity contribution in [3.8, 4) is 11.4 Å². The van der Waals surface area contributed by atoms with E-state index in [9.17, 15) is 18.0 Å². The SMILES string of the molecule is COc1ccc2c(c1)[nH]c(=O)n2-c1cccc(C(F)(F)F)c1. The van der Waals surface area contributed by atoms with Gasteiger partial charge in [-0.25, -0.2) is 4.79 Å². The first-order valence-electron chi connectivity index (χ1n) is 6.36. The third-order valence-corrected chi connectivity index (χ3v) is 3.32. The van der Waals surface area contributed by atoms with Crippen molar-refractivity contribution < 1.29 is 17.9 Å². The average Bonchev–Trinajstić information content (AvgIpc) is 2.81. The number of imidazole rings is 1. The van der Waals surface area contributed by atoms with Crippen molar-refractivity contribution in [2.45, 2.75) is 6.18 Å². The van der Waals surface area contributed by atoms with Crippen molar-refractivity contribution in [1.29, 1.82) is 0 Å². The molecule has 3 rings (SSSR count). The summed E-state index contributed by atoms with van der Waals surface area (Å²) in [6.45, 7) is 0. The van der Waals surface area contributed by atoms with Crippen molar-refractivity contribution in [2.75, 3.05) is 7.11 Å². The van der Waals surface area contributed by atoms with Crippen LogP contribution in [0.1, 0.15) is 5.56 Å². The molecule has 0 radical (unpaired) electrons. The number of hydrogen-bond donors (Lipinski definition) is 1. The molecular weight excluding hydrogens is 297 g/mol. The Bertz CT molecular complexity index is 894. The maximum atomic E-state index is 12.8. The van der Waals surface area contributed by atoms with E-state index in [1.807, 2.05) is 0 Å². The number of hydrogen-bond acceptors (Lipinski definition) is 2. The first-order valence-corrected chi connectivity index (χ1v) is 6.36. The number of methoxy groups -OCH3 is 1. The van der Waals surface area contributed by atoms with Gasteiger partial charge in [-0.15, -0.1) is 0 Å². The van der Waals surface area contributed by atoms with Gasteiger partial charge >= 0.3 is 11.9 Å². The minimum absolute atomic E-state index is 0.149. The van der Waals surface area contributed by atoms with Gasteiger partial charge in [-0.05, 0) is 30.3 Å². The van der Waals surface area contributed by atoms with Gasteiger partial charge in [0.15, 0.2) is 0 Å². The van der Waals surface area contributed by atoms with Gasteiger partial charge in [0, 0.05) is 6.07 Å². The third-order valence-electron chi connectivity index (χ3n) is 3.32. The Balaban J connectivity index is 2.22. The van der Waals surface area contributed by atoms with Gasteiger partial charge in [0.05, 0.1) is 29.4 Å². The van der Waals surface area contributed by atoms with E-state index >= 15 is 0 Å². The summed E-state index contributed by atoms with van der Waals surface area (Å²) in [7, 11) is 1.49. The van der Waals surface area contributed by atoms with Crippen molar-refractivity contribution in [1.82, 2.24) is 9.55 Å². The summed E-state index contributed by atoms with van der Waals surface area (Å²) in [5, 5.41) is 0. The fourth-order valence-electron chi connectivity index (χ4n) is 2.30. The largest absolute Gasteiger partial charge is 0.497 e. The minimum Gasteiger partial charge on any atom is -0.497 e. The van der Waals surface area contributed by atoms with Gasteiger partial charge in [-0.2, -0.15) is 13.2 Å². The number of halogens is 3. The van der Waals surface area contributed by atoms with Gasteiger partial charge in [0.25, 0.3) is 0 Å². The van der Waals surface area contributed by atoms with Crippen molar-refractivity contribution in [2.24, 2.45) is 0 Å². The number of fused-ring (bicyclic) bond motifs is 1. The van der Waals surface area contributed by atoms with Gasteiger partial charge in [-0.3, -0.25) is 4.57 Å². The maximum absolute atomic E-state index is 12.8. The number of aromatic nitrogens is 2. The summed E-state index contributed by atoms with van der Waals surface area (Å²) < 4.78 is 44.7. The molecule has 1 aromatic heterocycles. The number of nitrogens with one attached hydrogen (secondary N) is 1. The molecule has 3 aromatic rings. The van der Waals surface area contributed by atoms with Gasteiger partial charge in [0.1, 0.15) is 5.75 Å². The Kier molecular flexibility index (Phi) is 3.20. The lowest BCUT2D eigenvalue weighted by atomic mass is 10.2. The van der Waals surface area contributed by atoms with Crippen LogP contribution in [0.5, 0.6) is 5.75 Å². The highest BCUT2D eigenvalue weighted by Gasteiger charge is 2.30. The monoisotopic (exact) mass is 308 g/mol. The van der Waals surface area contributed by atoms with Crippen LogP contribution in [0.2, 0.25) is 0 Å². The van der Waals surface area contributed by atoms with Crippen LogP contribution in [-0.2, 0) is 6.18 Å². The Morgan fingerprint density at radius 2 is 1.91 bits per heavy atom. The van der Waals surface area contributed by atoms with Gasteiger partial charge in [-0.1, -0.05) is 6.07 Å². The van der Waals surface area contributed by atoms with E-state index in [0.29, 0.717) is 16.8 Å². The van der Waals surface area contributed by atoms with E-state index in [0.717, 1.165) is 12.1 Å². The van der Waals surface area contributed by atoms with E-state index in [-0.39, 0.29) is 5.69 Å². The normalized spacial score (nSPS) is 11.8. The van der Waals surface area contributed by atoms with Crippen LogP contribution in [0.4, 0.5) is 13.2 Å². The highest BCUT2D eigenvalue weighted by atomic mass is 19.4. The Morgan fingerprint density at radius 1 is 1.14 bits per heavy atom. The molecule has 7 heteroatoms. The van der Waals surface area contributed by atoms with Crippen molar-refractivity contribution in [3.63, 3.8) is 0 Å². The molecule has 0 saturated carbocycles. The lowest BCUT2D eigenvalue weighted by Gasteiger charge is -2.09. The second-order valence-electron chi connectivity index (χ2n) is 4.70. The molecule has 1 heterocycles. The number of H-pyrrole nitrogens is 1. The quantitative estimate of drug-likeness (QED) is 0.789. The molecule has 0 fully saturated rings. The summed E-state index contributed by atoms with van der Waals surface area (Å²) >= 11 is 0. The number of ether oxygens (including phenoxy) is 1. The predicted octanol–water partition coefficient (Wildman–Crippen LogP) is 3.35.